The van der Waals surface area contributed by atoms with Gasteiger partial charge < -0.3 is 33.5 Å². The Morgan fingerprint density at radius 1 is 0.609 bits per heavy atom. The Morgan fingerprint density at radius 3 is 1.67 bits per heavy atom. The van der Waals surface area contributed by atoms with Crippen molar-refractivity contribution in [3.8, 4) is 28.7 Å². The van der Waals surface area contributed by atoms with Crippen molar-refractivity contribution in [1.29, 1.82) is 0 Å². The summed E-state index contributed by atoms with van der Waals surface area (Å²) in [5.74, 6) is -2.31. The first-order valence-electron chi connectivity index (χ1n) is 14.2. The molecule has 0 aliphatic heterocycles. The van der Waals surface area contributed by atoms with Gasteiger partial charge >= 0.3 is 23.9 Å². The van der Waals surface area contributed by atoms with Crippen LogP contribution in [-0.2, 0) is 14.3 Å². The quantitative estimate of drug-likeness (QED) is 0.0457. The van der Waals surface area contributed by atoms with E-state index in [1.165, 1.54) is 48.5 Å². The van der Waals surface area contributed by atoms with Gasteiger partial charge in [0.25, 0.3) is 0 Å². The molecule has 0 bridgehead atoms. The number of rotatable bonds is 18. The van der Waals surface area contributed by atoms with E-state index in [0.717, 1.165) is 37.8 Å². The highest BCUT2D eigenvalue weighted by atomic mass is 16.6. The lowest BCUT2D eigenvalue weighted by molar-refractivity contribution is -0.131. The number of ether oxygens (including phenoxy) is 6. The van der Waals surface area contributed by atoms with Crippen molar-refractivity contribution < 1.29 is 52.7 Å². The number of carbonyl (C=O) groups is 4. The molecule has 0 aliphatic carbocycles. The lowest BCUT2D eigenvalue weighted by Gasteiger charge is -2.11. The second-order valence-corrected chi connectivity index (χ2v) is 9.45. The van der Waals surface area contributed by atoms with Gasteiger partial charge in [-0.15, -0.1) is 0 Å². The van der Waals surface area contributed by atoms with Gasteiger partial charge in [0.2, 0.25) is 0 Å². The number of esters is 4. The number of aliphatic hydroxyl groups is 1. The Balaban J connectivity index is 1.48. The fraction of sp³-hybridized carbons (Fsp3) is 0.200. The van der Waals surface area contributed by atoms with E-state index < -0.39 is 30.2 Å². The molecular formula is C35H34O11. The number of carbonyl (C=O) groups excluding carboxylic acids is 4. The van der Waals surface area contributed by atoms with E-state index in [4.69, 9.17) is 28.4 Å². The van der Waals surface area contributed by atoms with Gasteiger partial charge in [0.1, 0.15) is 17.2 Å². The van der Waals surface area contributed by atoms with Gasteiger partial charge in [-0.1, -0.05) is 26.2 Å². The van der Waals surface area contributed by atoms with Crippen LogP contribution in [0.5, 0.6) is 28.7 Å². The van der Waals surface area contributed by atoms with Crippen molar-refractivity contribution in [2.24, 2.45) is 0 Å². The summed E-state index contributed by atoms with van der Waals surface area (Å²) in [4.78, 5) is 48.6. The fourth-order valence-corrected chi connectivity index (χ4v) is 3.71. The van der Waals surface area contributed by atoms with Crippen LogP contribution in [0.1, 0.15) is 46.4 Å². The first kappa shape index (κ1) is 35.0. The minimum atomic E-state index is -0.925. The Labute approximate surface area is 266 Å². The highest BCUT2D eigenvalue weighted by Gasteiger charge is 2.17. The van der Waals surface area contributed by atoms with Gasteiger partial charge in [0.15, 0.2) is 17.8 Å². The van der Waals surface area contributed by atoms with E-state index >= 15 is 0 Å². The Hall–Kier alpha value is -5.52. The molecule has 0 saturated heterocycles. The van der Waals surface area contributed by atoms with E-state index in [2.05, 4.69) is 19.7 Å². The maximum Gasteiger partial charge on any atom is 0.343 e. The minimum Gasteiger partial charge on any atom is -0.494 e. The molecule has 0 aromatic heterocycles. The topological polar surface area (TPSA) is 144 Å². The SMILES string of the molecule is C=CC(=O)Oc1ccc(C(=O)Oc2ccc(OC(=O)c3ccc(OCCCCCCOC(O)C=C)cc3)cc2)cc1OC(=O)C=C. The Morgan fingerprint density at radius 2 is 1.11 bits per heavy atom. The molecule has 3 rings (SSSR count). The molecule has 0 spiro atoms. The Bertz CT molecular complexity index is 1530. The number of benzene rings is 3. The van der Waals surface area contributed by atoms with Crippen LogP contribution in [0, 0.1) is 0 Å². The molecule has 0 saturated carbocycles. The molecular weight excluding hydrogens is 596 g/mol. The molecule has 46 heavy (non-hydrogen) atoms. The molecule has 240 valence electrons. The zero-order valence-electron chi connectivity index (χ0n) is 25.1. The smallest absolute Gasteiger partial charge is 0.343 e. The maximum absolute atomic E-state index is 12.7. The van der Waals surface area contributed by atoms with Gasteiger partial charge in [0.05, 0.1) is 24.3 Å². The summed E-state index contributed by atoms with van der Waals surface area (Å²) >= 11 is 0. The molecule has 11 heteroatoms. The average molecular weight is 631 g/mol. The molecule has 0 amide bonds. The monoisotopic (exact) mass is 630 g/mol. The van der Waals surface area contributed by atoms with Crippen LogP contribution in [-0.4, -0.2) is 48.5 Å². The van der Waals surface area contributed by atoms with Gasteiger partial charge in [-0.3, -0.25) is 0 Å². The van der Waals surface area contributed by atoms with Crippen molar-refractivity contribution in [1.82, 2.24) is 0 Å². The van der Waals surface area contributed by atoms with E-state index in [1.807, 2.05) is 0 Å². The largest absolute Gasteiger partial charge is 0.494 e. The van der Waals surface area contributed by atoms with Crippen molar-refractivity contribution >= 4 is 23.9 Å². The van der Waals surface area contributed by atoms with Gasteiger partial charge in [-0.25, -0.2) is 19.2 Å². The third-order valence-electron chi connectivity index (χ3n) is 6.07. The maximum atomic E-state index is 12.7. The number of unbranched alkanes of at least 4 members (excludes halogenated alkanes) is 3. The lowest BCUT2D eigenvalue weighted by atomic mass is 10.2. The summed E-state index contributed by atoms with van der Waals surface area (Å²) in [5.41, 5.74) is 0.319. The van der Waals surface area contributed by atoms with Crippen LogP contribution in [0.3, 0.4) is 0 Å². The predicted molar refractivity (Wildman–Crippen MR) is 167 cm³/mol. The second kappa shape index (κ2) is 18.3. The van der Waals surface area contributed by atoms with Crippen molar-refractivity contribution in [2.75, 3.05) is 13.2 Å². The van der Waals surface area contributed by atoms with Gasteiger partial charge in [0, 0.05) is 12.2 Å². The van der Waals surface area contributed by atoms with Crippen molar-refractivity contribution in [2.45, 2.75) is 32.0 Å². The molecule has 3 aromatic carbocycles. The van der Waals surface area contributed by atoms with E-state index in [9.17, 15) is 24.3 Å². The number of hydrogen-bond acceptors (Lipinski definition) is 11. The molecule has 0 radical (unpaired) electrons. The van der Waals surface area contributed by atoms with Crippen LogP contribution in [0.15, 0.2) is 105 Å². The van der Waals surface area contributed by atoms with Crippen LogP contribution >= 0.6 is 0 Å². The third kappa shape index (κ3) is 11.5. The van der Waals surface area contributed by atoms with Crippen LogP contribution in [0.2, 0.25) is 0 Å². The highest BCUT2D eigenvalue weighted by Crippen LogP contribution is 2.30. The fourth-order valence-electron chi connectivity index (χ4n) is 3.71. The molecule has 0 fully saturated rings. The first-order valence-corrected chi connectivity index (χ1v) is 14.2. The molecule has 1 N–H and O–H groups in total. The van der Waals surface area contributed by atoms with Crippen molar-refractivity contribution in [3.63, 3.8) is 0 Å². The molecule has 1 atom stereocenters. The second-order valence-electron chi connectivity index (χ2n) is 9.45. The summed E-state index contributed by atoms with van der Waals surface area (Å²) in [6, 6.07) is 16.1. The third-order valence-corrected chi connectivity index (χ3v) is 6.07. The molecule has 11 nitrogen and oxygen atoms in total. The zero-order valence-corrected chi connectivity index (χ0v) is 25.1. The van der Waals surface area contributed by atoms with E-state index in [0.29, 0.717) is 24.5 Å². The number of hydrogen-bond donors (Lipinski definition) is 1. The average Bonchev–Trinajstić information content (AvgIpc) is 3.07. The highest BCUT2D eigenvalue weighted by molar-refractivity contribution is 5.93. The van der Waals surface area contributed by atoms with E-state index in [1.54, 1.807) is 24.3 Å². The van der Waals surface area contributed by atoms with Crippen molar-refractivity contribution in [3.05, 3.63) is 116 Å². The molecule has 3 aromatic rings. The normalized spacial score (nSPS) is 11.0. The molecule has 0 aliphatic rings. The zero-order chi connectivity index (χ0) is 33.3. The molecule has 0 heterocycles. The van der Waals surface area contributed by atoms with Crippen LogP contribution < -0.4 is 23.7 Å². The van der Waals surface area contributed by atoms with Gasteiger partial charge in [-0.05, 0) is 92.1 Å². The first-order chi connectivity index (χ1) is 22.2. The minimum absolute atomic E-state index is 0.000249. The standard InChI is InChI=1S/C35H34O11/c1-4-31(36)42-22-10-8-7-9-21-41-26-14-11-24(12-15-26)34(39)43-27-16-18-28(19-17-27)44-35(40)25-13-20-29(45-32(37)5-2)30(23-25)46-33(38)6-3/h4-6,11-20,23,31,36H,1-3,7-10,21-22H2. The van der Waals surface area contributed by atoms with Crippen LogP contribution in [0.25, 0.3) is 0 Å². The summed E-state index contributed by atoms with van der Waals surface area (Å²) in [7, 11) is 0. The summed E-state index contributed by atoms with van der Waals surface area (Å²) in [5, 5.41) is 9.25. The molecule has 1 unspecified atom stereocenters. The lowest BCUT2D eigenvalue weighted by Crippen LogP contribution is -2.12. The van der Waals surface area contributed by atoms with E-state index in [-0.39, 0.29) is 28.6 Å². The summed E-state index contributed by atoms with van der Waals surface area (Å²) in [6.07, 6.45) is 5.83. The predicted octanol–water partition coefficient (Wildman–Crippen LogP) is 5.77. The number of aliphatic hydroxyl groups excluding tert-OH is 1. The summed E-state index contributed by atoms with van der Waals surface area (Å²) in [6.45, 7) is 11.1. The summed E-state index contributed by atoms with van der Waals surface area (Å²) < 4.78 is 31.7. The Kier molecular flexibility index (Phi) is 13.9. The van der Waals surface area contributed by atoms with Gasteiger partial charge in [-0.2, -0.15) is 0 Å². The van der Waals surface area contributed by atoms with Crippen LogP contribution in [0.4, 0.5) is 0 Å².